The monoisotopic (exact) mass is 291 g/mol. The van der Waals surface area contributed by atoms with Crippen molar-refractivity contribution in [2.45, 2.75) is 13.1 Å². The molecule has 2 heterocycles. The molecule has 0 fully saturated rings. The van der Waals surface area contributed by atoms with Gasteiger partial charge in [-0.25, -0.2) is 0 Å². The number of aromatic nitrogens is 3. The van der Waals surface area contributed by atoms with Gasteiger partial charge < -0.3 is 15.0 Å². The molecule has 0 aliphatic rings. The molecule has 2 N–H and O–H groups in total. The second kappa shape index (κ2) is 7.46. The quantitative estimate of drug-likeness (QED) is 0.740. The van der Waals surface area contributed by atoms with E-state index < -0.39 is 5.91 Å². The third-order valence-electron chi connectivity index (χ3n) is 2.77. The Balaban J connectivity index is 2.02. The zero-order valence-electron chi connectivity index (χ0n) is 11.7. The van der Waals surface area contributed by atoms with Crippen LogP contribution >= 0.6 is 0 Å². The summed E-state index contributed by atoms with van der Waals surface area (Å²) in [6, 6.07) is 5.72. The van der Waals surface area contributed by atoms with E-state index in [1.165, 1.54) is 0 Å². The van der Waals surface area contributed by atoms with Crippen molar-refractivity contribution in [3.8, 4) is 0 Å². The molecule has 2 aromatic rings. The van der Waals surface area contributed by atoms with Gasteiger partial charge in [0, 0.05) is 26.4 Å². The number of ether oxygens (including phenoxy) is 1. The van der Waals surface area contributed by atoms with Crippen LogP contribution in [0.1, 0.15) is 22.2 Å². The van der Waals surface area contributed by atoms with Gasteiger partial charge in [0.15, 0.2) is 0 Å². The Bertz CT molecular complexity index is 572. The average Bonchev–Trinajstić information content (AvgIpc) is 2.94. The molecule has 0 aromatic carbocycles. The zero-order chi connectivity index (χ0) is 15.1. The maximum absolute atomic E-state index is 11.0. The minimum absolute atomic E-state index is 0.116. The normalized spacial score (nSPS) is 11.0. The fourth-order valence-electron chi connectivity index (χ4n) is 1.77. The number of methoxy groups -OCH3 is 1. The highest BCUT2D eigenvalue weighted by molar-refractivity contribution is 5.88. The third-order valence-corrected chi connectivity index (χ3v) is 2.77. The number of carbonyl (C=O) groups excluding carboxylic acids is 1. The first-order valence-corrected chi connectivity index (χ1v) is 6.42. The minimum atomic E-state index is -0.710. The van der Waals surface area contributed by atoms with Gasteiger partial charge in [-0.15, -0.1) is 0 Å². The molecule has 1 amide bonds. The zero-order valence-corrected chi connectivity index (χ0v) is 11.7. The van der Waals surface area contributed by atoms with Crippen molar-refractivity contribution in [2.75, 3.05) is 20.3 Å². The largest absolute Gasteiger partial charge is 0.383 e. The van der Waals surface area contributed by atoms with Gasteiger partial charge >= 0.3 is 0 Å². The van der Waals surface area contributed by atoms with Crippen LogP contribution in [0.5, 0.6) is 0 Å². The third kappa shape index (κ3) is 4.62. The first kappa shape index (κ1) is 15.1. The highest BCUT2D eigenvalue weighted by atomic mass is 16.5. The van der Waals surface area contributed by atoms with E-state index in [0.717, 1.165) is 5.69 Å². The summed E-state index contributed by atoms with van der Waals surface area (Å²) in [6.45, 7) is 2.23. The number of nitrogens with zero attached hydrogens (tertiary/aromatic N) is 4. The molecule has 0 unspecified atom stereocenters. The van der Waals surface area contributed by atoms with Crippen LogP contribution in [-0.4, -0.2) is 46.2 Å². The van der Waals surface area contributed by atoms with Crippen molar-refractivity contribution < 1.29 is 14.1 Å². The number of carbonyl (C=O) groups is 1. The van der Waals surface area contributed by atoms with Gasteiger partial charge in [0.2, 0.25) is 5.89 Å². The Kier molecular flexibility index (Phi) is 5.35. The molecule has 0 aliphatic heterocycles. The van der Waals surface area contributed by atoms with Crippen molar-refractivity contribution in [2.24, 2.45) is 5.73 Å². The van der Waals surface area contributed by atoms with E-state index in [-0.39, 0.29) is 5.82 Å². The lowest BCUT2D eigenvalue weighted by Crippen LogP contribution is -2.27. The summed E-state index contributed by atoms with van der Waals surface area (Å²) in [5.41, 5.74) is 6.01. The Morgan fingerprint density at radius 2 is 2.29 bits per heavy atom. The molecule has 21 heavy (non-hydrogen) atoms. The number of pyridine rings is 1. The maximum Gasteiger partial charge on any atom is 0.290 e. The molecule has 112 valence electrons. The molecular formula is C13H17N5O3. The number of hydrogen-bond acceptors (Lipinski definition) is 7. The summed E-state index contributed by atoms with van der Waals surface area (Å²) in [4.78, 5) is 21.2. The smallest absolute Gasteiger partial charge is 0.290 e. The molecule has 2 rings (SSSR count). The van der Waals surface area contributed by atoms with Crippen LogP contribution < -0.4 is 5.73 Å². The Morgan fingerprint density at radius 1 is 1.43 bits per heavy atom. The summed E-state index contributed by atoms with van der Waals surface area (Å²) >= 11 is 0. The predicted molar refractivity (Wildman–Crippen MR) is 73.0 cm³/mol. The Labute approximate surface area is 121 Å². The molecule has 0 aliphatic carbocycles. The minimum Gasteiger partial charge on any atom is -0.383 e. The highest BCUT2D eigenvalue weighted by Gasteiger charge is 2.15. The van der Waals surface area contributed by atoms with Gasteiger partial charge in [-0.1, -0.05) is 11.2 Å². The maximum atomic E-state index is 11.0. The van der Waals surface area contributed by atoms with Crippen molar-refractivity contribution in [3.63, 3.8) is 0 Å². The van der Waals surface area contributed by atoms with Crippen LogP contribution in [0.3, 0.4) is 0 Å². The van der Waals surface area contributed by atoms with E-state index in [2.05, 4.69) is 15.1 Å². The first-order valence-electron chi connectivity index (χ1n) is 6.42. The number of rotatable bonds is 8. The van der Waals surface area contributed by atoms with Gasteiger partial charge in [-0.2, -0.15) is 4.98 Å². The summed E-state index contributed by atoms with van der Waals surface area (Å²) in [6.07, 6.45) is 1.74. The van der Waals surface area contributed by atoms with E-state index in [4.69, 9.17) is 15.0 Å². The van der Waals surface area contributed by atoms with E-state index >= 15 is 0 Å². The molecule has 0 radical (unpaired) electrons. The second-order valence-corrected chi connectivity index (χ2v) is 4.40. The summed E-state index contributed by atoms with van der Waals surface area (Å²) in [5, 5.41) is 3.52. The Morgan fingerprint density at radius 3 is 2.90 bits per heavy atom. The van der Waals surface area contributed by atoms with Crippen LogP contribution in [0, 0.1) is 0 Å². The second-order valence-electron chi connectivity index (χ2n) is 4.40. The van der Waals surface area contributed by atoms with Crippen molar-refractivity contribution in [1.82, 2.24) is 20.0 Å². The number of nitrogens with two attached hydrogens (primary N) is 1. The highest BCUT2D eigenvalue weighted by Crippen LogP contribution is 2.07. The van der Waals surface area contributed by atoms with Crippen molar-refractivity contribution in [1.29, 1.82) is 0 Å². The van der Waals surface area contributed by atoms with Crippen LogP contribution in [0.4, 0.5) is 0 Å². The van der Waals surface area contributed by atoms with Crippen molar-refractivity contribution in [3.05, 3.63) is 41.8 Å². The predicted octanol–water partition coefficient (Wildman–Crippen LogP) is 0.212. The van der Waals surface area contributed by atoms with E-state index in [0.29, 0.717) is 32.1 Å². The van der Waals surface area contributed by atoms with E-state index in [9.17, 15) is 4.79 Å². The summed E-state index contributed by atoms with van der Waals surface area (Å²) in [5.74, 6) is -0.497. The standard InChI is InChI=1S/C13H17N5O3/c1-20-7-6-18(8-10-4-2-3-5-15-10)9-11-16-13(12(14)19)17-21-11/h2-5H,6-9H2,1H3,(H2,14,19). The molecule has 0 atom stereocenters. The SMILES string of the molecule is COCCN(Cc1ccccn1)Cc1nc(C(N)=O)no1. The van der Waals surface area contributed by atoms with Crippen molar-refractivity contribution >= 4 is 5.91 Å². The lowest BCUT2D eigenvalue weighted by Gasteiger charge is -2.19. The molecule has 0 saturated carbocycles. The van der Waals surface area contributed by atoms with Crippen LogP contribution in [0.2, 0.25) is 0 Å². The molecule has 2 aromatic heterocycles. The number of primary amides is 1. The lowest BCUT2D eigenvalue weighted by molar-refractivity contribution is 0.0987. The molecule has 0 spiro atoms. The van der Waals surface area contributed by atoms with Gasteiger partial charge in [-0.05, 0) is 12.1 Å². The fraction of sp³-hybridized carbons (Fsp3) is 0.385. The van der Waals surface area contributed by atoms with E-state index in [1.807, 2.05) is 23.1 Å². The number of amides is 1. The number of hydrogen-bond donors (Lipinski definition) is 1. The van der Waals surface area contributed by atoms with Gasteiger partial charge in [-0.3, -0.25) is 14.7 Å². The van der Waals surface area contributed by atoms with Gasteiger partial charge in [0.05, 0.1) is 18.8 Å². The molecule has 0 bridgehead atoms. The van der Waals surface area contributed by atoms with Gasteiger partial charge in [0.25, 0.3) is 11.7 Å². The molecule has 8 heteroatoms. The topological polar surface area (TPSA) is 107 Å². The summed E-state index contributed by atoms with van der Waals surface area (Å²) in [7, 11) is 1.64. The average molecular weight is 291 g/mol. The molecule has 8 nitrogen and oxygen atoms in total. The molecular weight excluding hydrogens is 274 g/mol. The van der Waals surface area contributed by atoms with Gasteiger partial charge in [0.1, 0.15) is 0 Å². The lowest BCUT2D eigenvalue weighted by atomic mass is 10.3. The molecule has 0 saturated heterocycles. The summed E-state index contributed by atoms with van der Waals surface area (Å²) < 4.78 is 10.1. The first-order chi connectivity index (χ1) is 10.2. The van der Waals surface area contributed by atoms with Crippen LogP contribution in [-0.2, 0) is 17.8 Å². The van der Waals surface area contributed by atoms with E-state index in [1.54, 1.807) is 13.3 Å². The van der Waals surface area contributed by atoms with Crippen LogP contribution in [0.25, 0.3) is 0 Å². The fourth-order valence-corrected chi connectivity index (χ4v) is 1.77. The van der Waals surface area contributed by atoms with Crippen LogP contribution in [0.15, 0.2) is 28.9 Å². The Hall–Kier alpha value is -2.32.